The van der Waals surface area contributed by atoms with Crippen molar-refractivity contribution in [1.29, 1.82) is 0 Å². The van der Waals surface area contributed by atoms with Crippen LogP contribution in [-0.4, -0.2) is 71.9 Å². The second kappa shape index (κ2) is 9.52. The van der Waals surface area contributed by atoms with E-state index < -0.39 is 0 Å². The molecule has 0 unspecified atom stereocenters. The highest BCUT2D eigenvalue weighted by molar-refractivity contribution is 5.92. The molecular weight excluding hydrogens is 330 g/mol. The number of hydrogen-bond donors (Lipinski definition) is 1. The van der Waals surface area contributed by atoms with Crippen LogP contribution in [-0.2, 0) is 11.3 Å². The molecule has 1 aromatic heterocycles. The van der Waals surface area contributed by atoms with Gasteiger partial charge in [0.15, 0.2) is 0 Å². The molecule has 0 bridgehead atoms. The molecule has 2 rings (SSSR count). The van der Waals surface area contributed by atoms with Gasteiger partial charge in [0.05, 0.1) is 0 Å². The van der Waals surface area contributed by atoms with E-state index in [1.165, 1.54) is 0 Å². The van der Waals surface area contributed by atoms with Crippen molar-refractivity contribution in [2.75, 3.05) is 45.6 Å². The summed E-state index contributed by atoms with van der Waals surface area (Å²) in [5.74, 6) is 0.514. The summed E-state index contributed by atoms with van der Waals surface area (Å²) in [4.78, 5) is 34.9. The molecule has 0 saturated carbocycles. The molecule has 0 aromatic carbocycles. The highest BCUT2D eigenvalue weighted by Crippen LogP contribution is 2.20. The molecule has 3 amide bonds. The molecule has 0 atom stereocenters. The average molecular weight is 361 g/mol. The number of pyridine rings is 1. The minimum absolute atomic E-state index is 0.00515. The van der Waals surface area contributed by atoms with Crippen LogP contribution >= 0.6 is 0 Å². The van der Waals surface area contributed by atoms with E-state index in [0.717, 1.165) is 12.1 Å². The molecule has 1 N–H and O–H groups in total. The topological polar surface area (TPSA) is 68.8 Å². The number of aromatic nitrogens is 1. The highest BCUT2D eigenvalue weighted by atomic mass is 16.2. The largest absolute Gasteiger partial charge is 0.325 e. The lowest BCUT2D eigenvalue weighted by molar-refractivity contribution is -0.121. The Hall–Kier alpha value is -2.15. The second-order valence-corrected chi connectivity index (χ2v) is 6.99. The zero-order valence-corrected chi connectivity index (χ0v) is 16.4. The number of rotatable bonds is 6. The summed E-state index contributed by atoms with van der Waals surface area (Å²) in [6.07, 6.45) is 3.10. The molecular formula is C19H31N5O2. The number of piperidine rings is 1. The number of amides is 3. The van der Waals surface area contributed by atoms with Crippen molar-refractivity contribution in [1.82, 2.24) is 19.7 Å². The van der Waals surface area contributed by atoms with E-state index in [1.807, 2.05) is 49.9 Å². The Kier molecular flexibility index (Phi) is 7.38. The molecule has 144 valence electrons. The summed E-state index contributed by atoms with van der Waals surface area (Å²) >= 11 is 0. The number of nitrogens with zero attached hydrogens (tertiary/aromatic N) is 4. The molecule has 0 spiro atoms. The standard InChI is InChI=1S/C19H31N5O2/c1-5-23(6-2)19(26)24-11-8-16(9-12-24)18(25)21-17-13-15(7-10-20-17)14-22(3)4/h7,10,13,16H,5-6,8-9,11-12,14H2,1-4H3,(H,20,21,25). The van der Waals surface area contributed by atoms with Gasteiger partial charge in [0.2, 0.25) is 5.91 Å². The van der Waals surface area contributed by atoms with Crippen molar-refractivity contribution in [3.8, 4) is 0 Å². The zero-order valence-electron chi connectivity index (χ0n) is 16.4. The minimum Gasteiger partial charge on any atom is -0.325 e. The van der Waals surface area contributed by atoms with Crippen molar-refractivity contribution in [3.05, 3.63) is 23.9 Å². The fourth-order valence-corrected chi connectivity index (χ4v) is 3.26. The van der Waals surface area contributed by atoms with Gasteiger partial charge in [-0.2, -0.15) is 0 Å². The highest BCUT2D eigenvalue weighted by Gasteiger charge is 2.29. The van der Waals surface area contributed by atoms with Crippen molar-refractivity contribution in [2.45, 2.75) is 33.2 Å². The second-order valence-electron chi connectivity index (χ2n) is 6.99. The van der Waals surface area contributed by atoms with Gasteiger partial charge in [-0.15, -0.1) is 0 Å². The van der Waals surface area contributed by atoms with E-state index in [0.29, 0.717) is 44.8 Å². The maximum atomic E-state index is 12.5. The van der Waals surface area contributed by atoms with Gasteiger partial charge < -0.3 is 20.0 Å². The Bertz CT molecular complexity index is 608. The van der Waals surface area contributed by atoms with Crippen LogP contribution in [0.3, 0.4) is 0 Å². The number of anilines is 1. The van der Waals surface area contributed by atoms with Gasteiger partial charge in [0.25, 0.3) is 0 Å². The number of nitrogens with one attached hydrogen (secondary N) is 1. The van der Waals surface area contributed by atoms with Gasteiger partial charge in [-0.1, -0.05) is 0 Å². The normalized spacial score (nSPS) is 15.2. The number of hydrogen-bond acceptors (Lipinski definition) is 4. The molecule has 1 saturated heterocycles. The van der Waals surface area contributed by atoms with E-state index in [2.05, 4.69) is 15.2 Å². The first-order valence-corrected chi connectivity index (χ1v) is 9.39. The first kappa shape index (κ1) is 20.2. The third-order valence-electron chi connectivity index (χ3n) is 4.74. The molecule has 1 aromatic rings. The summed E-state index contributed by atoms with van der Waals surface area (Å²) in [6.45, 7) is 7.45. The third-order valence-corrected chi connectivity index (χ3v) is 4.74. The van der Waals surface area contributed by atoms with Crippen molar-refractivity contribution in [3.63, 3.8) is 0 Å². The van der Waals surface area contributed by atoms with E-state index in [1.54, 1.807) is 6.20 Å². The van der Waals surface area contributed by atoms with E-state index in [9.17, 15) is 9.59 Å². The lowest BCUT2D eigenvalue weighted by atomic mass is 9.96. The number of urea groups is 1. The Morgan fingerprint density at radius 1 is 1.23 bits per heavy atom. The molecule has 1 aliphatic heterocycles. The van der Waals surface area contributed by atoms with Crippen LogP contribution in [0.15, 0.2) is 18.3 Å². The average Bonchev–Trinajstić information content (AvgIpc) is 2.62. The van der Waals surface area contributed by atoms with Gasteiger partial charge in [-0.25, -0.2) is 9.78 Å². The van der Waals surface area contributed by atoms with E-state index in [-0.39, 0.29) is 17.9 Å². The van der Waals surface area contributed by atoms with Crippen LogP contribution in [0.5, 0.6) is 0 Å². The quantitative estimate of drug-likeness (QED) is 0.844. The lowest BCUT2D eigenvalue weighted by Gasteiger charge is -2.34. The molecule has 2 heterocycles. The van der Waals surface area contributed by atoms with Crippen molar-refractivity contribution in [2.24, 2.45) is 5.92 Å². The first-order chi connectivity index (χ1) is 12.4. The van der Waals surface area contributed by atoms with Crippen LogP contribution < -0.4 is 5.32 Å². The Balaban J connectivity index is 1.88. The molecule has 7 nitrogen and oxygen atoms in total. The van der Waals surface area contributed by atoms with Crippen LogP contribution in [0.1, 0.15) is 32.3 Å². The van der Waals surface area contributed by atoms with Gasteiger partial charge in [0.1, 0.15) is 5.82 Å². The smallest absolute Gasteiger partial charge is 0.319 e. The summed E-state index contributed by atoms with van der Waals surface area (Å²) in [7, 11) is 4.01. The van der Waals surface area contributed by atoms with Gasteiger partial charge >= 0.3 is 6.03 Å². The molecule has 0 aliphatic carbocycles. The van der Waals surface area contributed by atoms with Gasteiger partial charge in [-0.3, -0.25) is 4.79 Å². The maximum Gasteiger partial charge on any atom is 0.319 e. The zero-order chi connectivity index (χ0) is 19.1. The summed E-state index contributed by atoms with van der Waals surface area (Å²) in [6, 6.07) is 3.94. The fraction of sp³-hybridized carbons (Fsp3) is 0.632. The molecule has 7 heteroatoms. The maximum absolute atomic E-state index is 12.5. The van der Waals surface area contributed by atoms with Gasteiger partial charge in [-0.05, 0) is 58.5 Å². The molecule has 26 heavy (non-hydrogen) atoms. The van der Waals surface area contributed by atoms with E-state index >= 15 is 0 Å². The molecule has 0 radical (unpaired) electrons. The Labute approximate surface area is 156 Å². The molecule has 1 fully saturated rings. The summed E-state index contributed by atoms with van der Waals surface area (Å²) < 4.78 is 0. The first-order valence-electron chi connectivity index (χ1n) is 9.39. The van der Waals surface area contributed by atoms with Crippen molar-refractivity contribution >= 4 is 17.8 Å². The number of likely N-dealkylation sites (tertiary alicyclic amines) is 1. The minimum atomic E-state index is -0.0740. The number of carbonyl (C=O) groups is 2. The van der Waals surface area contributed by atoms with Crippen LogP contribution in [0.2, 0.25) is 0 Å². The van der Waals surface area contributed by atoms with Crippen LogP contribution in [0.4, 0.5) is 10.6 Å². The van der Waals surface area contributed by atoms with Crippen LogP contribution in [0, 0.1) is 5.92 Å². The lowest BCUT2D eigenvalue weighted by Crippen LogP contribution is -2.47. The fourth-order valence-electron chi connectivity index (χ4n) is 3.26. The third kappa shape index (κ3) is 5.42. The molecule has 1 aliphatic rings. The van der Waals surface area contributed by atoms with Crippen molar-refractivity contribution < 1.29 is 9.59 Å². The SMILES string of the molecule is CCN(CC)C(=O)N1CCC(C(=O)Nc2cc(CN(C)C)ccn2)CC1. The van der Waals surface area contributed by atoms with Crippen LogP contribution in [0.25, 0.3) is 0 Å². The summed E-state index contributed by atoms with van der Waals surface area (Å²) in [5.41, 5.74) is 1.11. The monoisotopic (exact) mass is 361 g/mol. The van der Waals surface area contributed by atoms with E-state index in [4.69, 9.17) is 0 Å². The Morgan fingerprint density at radius 3 is 2.46 bits per heavy atom. The number of carbonyl (C=O) groups excluding carboxylic acids is 2. The predicted molar refractivity (Wildman–Crippen MR) is 103 cm³/mol. The Morgan fingerprint density at radius 2 is 1.88 bits per heavy atom. The summed E-state index contributed by atoms with van der Waals surface area (Å²) in [5, 5.41) is 2.93. The van der Waals surface area contributed by atoms with Gasteiger partial charge in [0, 0.05) is 44.8 Å². The predicted octanol–water partition coefficient (Wildman–Crippen LogP) is 2.26.